The second-order valence-electron chi connectivity index (χ2n) is 5.47. The molecule has 136 valence electrons. The van der Waals surface area contributed by atoms with Crippen molar-refractivity contribution in [3.63, 3.8) is 0 Å². The highest BCUT2D eigenvalue weighted by Crippen LogP contribution is 2.10. The summed E-state index contributed by atoms with van der Waals surface area (Å²) in [6, 6.07) is 17.4. The zero-order valence-electron chi connectivity index (χ0n) is 14.0. The molecule has 7 heteroatoms. The van der Waals surface area contributed by atoms with E-state index < -0.39 is 5.97 Å². The van der Waals surface area contributed by atoms with Gasteiger partial charge in [-0.25, -0.2) is 0 Å². The fourth-order valence-corrected chi connectivity index (χ4v) is 2.69. The molecule has 1 amide bonds. The van der Waals surface area contributed by atoms with Crippen LogP contribution in [-0.2, 0) is 20.7 Å². The molecular weight excluding hydrogens is 463 g/mol. The number of halogens is 1. The highest BCUT2D eigenvalue weighted by Gasteiger charge is 2.10. The van der Waals surface area contributed by atoms with E-state index in [1.807, 2.05) is 54.6 Å². The van der Waals surface area contributed by atoms with Crippen molar-refractivity contribution in [2.24, 2.45) is 0 Å². The van der Waals surface area contributed by atoms with E-state index in [1.54, 1.807) is 0 Å². The van der Waals surface area contributed by atoms with Crippen LogP contribution >= 0.6 is 34.8 Å². The van der Waals surface area contributed by atoms with E-state index in [0.717, 1.165) is 14.8 Å². The number of carbonyl (C=O) groups is 2. The minimum Gasteiger partial charge on any atom is -0.465 e. The van der Waals surface area contributed by atoms with Crippen LogP contribution < -0.4 is 10.6 Å². The number of hydrogen-bond acceptors (Lipinski definition) is 4. The van der Waals surface area contributed by atoms with E-state index in [9.17, 15) is 9.59 Å². The number of nitrogens with one attached hydrogen (secondary N) is 2. The number of esters is 1. The third-order valence-electron chi connectivity index (χ3n) is 3.41. The second-order valence-corrected chi connectivity index (χ2v) is 7.12. The molecule has 2 aromatic rings. The number of rotatable bonds is 7. The van der Waals surface area contributed by atoms with Gasteiger partial charge in [0.15, 0.2) is 5.11 Å². The minimum atomic E-state index is -0.396. The summed E-state index contributed by atoms with van der Waals surface area (Å²) in [4.78, 5) is 23.5. The maximum Gasteiger partial charge on any atom is 0.306 e. The number of ether oxygens (including phenoxy) is 1. The molecule has 0 radical (unpaired) electrons. The van der Waals surface area contributed by atoms with Crippen LogP contribution in [0.15, 0.2) is 54.6 Å². The Morgan fingerprint density at radius 1 is 1.00 bits per heavy atom. The first-order chi connectivity index (χ1) is 12.5. The van der Waals surface area contributed by atoms with Gasteiger partial charge in [-0.1, -0.05) is 30.3 Å². The predicted molar refractivity (Wildman–Crippen MR) is 114 cm³/mol. The Hall–Kier alpha value is -2.00. The molecule has 2 N–H and O–H groups in total. The summed E-state index contributed by atoms with van der Waals surface area (Å²) in [6.45, 7) is 0.303. The second kappa shape index (κ2) is 10.9. The molecule has 0 aliphatic carbocycles. The zero-order chi connectivity index (χ0) is 18.8. The summed E-state index contributed by atoms with van der Waals surface area (Å²) in [5, 5.41) is 5.67. The largest absolute Gasteiger partial charge is 0.465 e. The fourth-order valence-electron chi connectivity index (χ4n) is 2.10. The molecule has 0 heterocycles. The van der Waals surface area contributed by atoms with Crippen LogP contribution in [0.2, 0.25) is 0 Å². The number of carbonyl (C=O) groups excluding carboxylic acids is 2. The van der Waals surface area contributed by atoms with Gasteiger partial charge in [0.25, 0.3) is 0 Å². The first kappa shape index (κ1) is 20.3. The van der Waals surface area contributed by atoms with Crippen molar-refractivity contribution >= 4 is 57.5 Å². The normalized spacial score (nSPS) is 10.0. The van der Waals surface area contributed by atoms with Gasteiger partial charge in [-0.2, -0.15) is 0 Å². The van der Waals surface area contributed by atoms with E-state index in [-0.39, 0.29) is 23.9 Å². The highest BCUT2D eigenvalue weighted by molar-refractivity contribution is 14.1. The van der Waals surface area contributed by atoms with Gasteiger partial charge in [-0.15, -0.1) is 0 Å². The molecule has 5 nitrogen and oxygen atoms in total. The molecule has 2 rings (SSSR count). The monoisotopic (exact) mass is 482 g/mol. The summed E-state index contributed by atoms with van der Waals surface area (Å²) in [6.07, 6.45) is 0.703. The van der Waals surface area contributed by atoms with E-state index in [0.29, 0.717) is 13.0 Å². The van der Waals surface area contributed by atoms with Crippen LogP contribution in [0, 0.1) is 3.57 Å². The Morgan fingerprint density at radius 2 is 1.69 bits per heavy atom. The molecule has 0 aliphatic rings. The Kier molecular flexibility index (Phi) is 8.49. The van der Waals surface area contributed by atoms with Crippen LogP contribution in [0.4, 0.5) is 5.69 Å². The Labute approximate surface area is 171 Å². The lowest BCUT2D eigenvalue weighted by Gasteiger charge is -2.09. The number of amides is 1. The van der Waals surface area contributed by atoms with Crippen molar-refractivity contribution in [3.05, 3.63) is 63.7 Å². The third-order valence-corrected chi connectivity index (χ3v) is 4.33. The lowest BCUT2D eigenvalue weighted by molar-refractivity contribution is -0.144. The van der Waals surface area contributed by atoms with Crippen molar-refractivity contribution in [1.29, 1.82) is 0 Å². The molecule has 0 aromatic heterocycles. The molecule has 0 spiro atoms. The van der Waals surface area contributed by atoms with E-state index in [4.69, 9.17) is 17.0 Å². The van der Waals surface area contributed by atoms with Crippen molar-refractivity contribution < 1.29 is 14.3 Å². The van der Waals surface area contributed by atoms with Gasteiger partial charge < -0.3 is 15.4 Å². The summed E-state index contributed by atoms with van der Waals surface area (Å²) >= 11 is 7.29. The summed E-state index contributed by atoms with van der Waals surface area (Å²) in [5.41, 5.74) is 1.89. The molecule has 2 aromatic carbocycles. The van der Waals surface area contributed by atoms with E-state index in [1.165, 1.54) is 0 Å². The van der Waals surface area contributed by atoms with Crippen molar-refractivity contribution in [1.82, 2.24) is 5.32 Å². The van der Waals surface area contributed by atoms with Gasteiger partial charge >= 0.3 is 5.97 Å². The van der Waals surface area contributed by atoms with Crippen LogP contribution in [0.5, 0.6) is 0 Å². The first-order valence-electron chi connectivity index (χ1n) is 8.09. The lowest BCUT2D eigenvalue weighted by Crippen LogP contribution is -2.34. The summed E-state index contributed by atoms with van der Waals surface area (Å²) in [7, 11) is 0. The van der Waals surface area contributed by atoms with Gasteiger partial charge in [0, 0.05) is 22.1 Å². The predicted octanol–water partition coefficient (Wildman–Crippen LogP) is 3.67. The van der Waals surface area contributed by atoms with Crippen LogP contribution in [0.3, 0.4) is 0 Å². The number of benzene rings is 2. The summed E-state index contributed by atoms with van der Waals surface area (Å²) in [5.74, 6) is -0.722. The number of hydrogen-bond donors (Lipinski definition) is 2. The number of anilines is 1. The number of thiocarbonyl (C=S) groups is 1. The maximum atomic E-state index is 11.8. The topological polar surface area (TPSA) is 67.4 Å². The fraction of sp³-hybridized carbons (Fsp3) is 0.211. The van der Waals surface area contributed by atoms with Crippen LogP contribution in [-0.4, -0.2) is 23.6 Å². The average molecular weight is 482 g/mol. The van der Waals surface area contributed by atoms with Gasteiger partial charge in [0.05, 0.1) is 13.0 Å². The molecular formula is C19H19IN2O3S. The van der Waals surface area contributed by atoms with Crippen LogP contribution in [0.25, 0.3) is 0 Å². The Morgan fingerprint density at radius 3 is 2.38 bits per heavy atom. The maximum absolute atomic E-state index is 11.8. The zero-order valence-corrected chi connectivity index (χ0v) is 17.0. The molecule has 0 saturated carbocycles. The van der Waals surface area contributed by atoms with Gasteiger partial charge in [0.1, 0.15) is 0 Å². The molecule has 0 fully saturated rings. The molecule has 0 atom stereocenters. The van der Waals surface area contributed by atoms with Gasteiger partial charge in [-0.05, 0) is 64.6 Å². The smallest absolute Gasteiger partial charge is 0.306 e. The standard InChI is InChI=1S/C19H19IN2O3S/c20-15-6-8-16(9-7-15)21-19(26)22-17(23)10-11-18(24)25-13-12-14-4-2-1-3-5-14/h1-9H,10-13H2,(H2,21,22,23,26). The minimum absolute atomic E-state index is 0.0206. The first-order valence-corrected chi connectivity index (χ1v) is 9.57. The van der Waals surface area contributed by atoms with E-state index >= 15 is 0 Å². The van der Waals surface area contributed by atoms with Gasteiger partial charge in [-0.3, -0.25) is 9.59 Å². The lowest BCUT2D eigenvalue weighted by atomic mass is 10.2. The highest BCUT2D eigenvalue weighted by atomic mass is 127. The Balaban J connectivity index is 1.62. The van der Waals surface area contributed by atoms with Gasteiger partial charge in [0.2, 0.25) is 5.91 Å². The van der Waals surface area contributed by atoms with Crippen molar-refractivity contribution in [2.45, 2.75) is 19.3 Å². The Bertz CT molecular complexity index is 751. The molecule has 26 heavy (non-hydrogen) atoms. The molecule has 0 bridgehead atoms. The van der Waals surface area contributed by atoms with Crippen molar-refractivity contribution in [3.8, 4) is 0 Å². The molecule has 0 saturated heterocycles. The van der Waals surface area contributed by atoms with Crippen molar-refractivity contribution in [2.75, 3.05) is 11.9 Å². The van der Waals surface area contributed by atoms with E-state index in [2.05, 4.69) is 33.2 Å². The molecule has 0 aliphatic heterocycles. The third kappa shape index (κ3) is 7.92. The SMILES string of the molecule is O=C(CCC(=O)OCCc1ccccc1)NC(=S)Nc1ccc(I)cc1. The molecule has 0 unspecified atom stereocenters. The average Bonchev–Trinajstić information content (AvgIpc) is 2.63. The van der Waals surface area contributed by atoms with Crippen LogP contribution in [0.1, 0.15) is 18.4 Å². The summed E-state index contributed by atoms with van der Waals surface area (Å²) < 4.78 is 6.25. The quantitative estimate of drug-likeness (QED) is 0.358.